The number of sulfonamides is 1. The normalized spacial score (nSPS) is 14.8. The zero-order valence-corrected chi connectivity index (χ0v) is 14.1. The number of carboxylic acid groups (broad SMARTS) is 1. The van der Waals surface area contributed by atoms with Crippen LogP contribution in [-0.2, 0) is 20.2 Å². The van der Waals surface area contributed by atoms with E-state index in [9.17, 15) is 13.2 Å². The van der Waals surface area contributed by atoms with Gasteiger partial charge in [0, 0.05) is 25.0 Å². The Hall–Kier alpha value is -1.44. The molecule has 0 saturated carbocycles. The quantitative estimate of drug-likeness (QED) is 0.751. The Morgan fingerprint density at radius 3 is 2.09 bits per heavy atom. The molecule has 1 atom stereocenters. The van der Waals surface area contributed by atoms with Gasteiger partial charge in [-0.15, -0.1) is 0 Å². The molecule has 0 radical (unpaired) electrons. The summed E-state index contributed by atoms with van der Waals surface area (Å²) >= 11 is 0. The first-order valence-electron chi connectivity index (χ1n) is 7.23. The highest BCUT2D eigenvalue weighted by Gasteiger charge is 2.29. The topological polar surface area (TPSA) is 101 Å². The molecule has 0 bridgehead atoms. The second-order valence-electron chi connectivity index (χ2n) is 5.45. The van der Waals surface area contributed by atoms with E-state index in [1.807, 2.05) is 0 Å². The number of benzene rings is 1. The summed E-state index contributed by atoms with van der Waals surface area (Å²) in [6, 6.07) is 6.32. The predicted molar refractivity (Wildman–Crippen MR) is 85.2 cm³/mol. The molecule has 0 aliphatic heterocycles. The standard InChI is InChI=1S/C15H24N2O4S/c1-4-17(5-2)22(20,21)13-8-6-12(7-9-13)15(3,11-16)10-14(18)19/h6-9H,4-5,10-11,16H2,1-3H3,(H,18,19). The number of hydrogen-bond donors (Lipinski definition) is 2. The second kappa shape index (κ2) is 7.21. The summed E-state index contributed by atoms with van der Waals surface area (Å²) in [4.78, 5) is 11.2. The van der Waals surface area contributed by atoms with Crippen LogP contribution in [0.1, 0.15) is 32.8 Å². The Morgan fingerprint density at radius 2 is 1.73 bits per heavy atom. The van der Waals surface area contributed by atoms with Crippen LogP contribution < -0.4 is 5.73 Å². The molecule has 0 aromatic heterocycles. The molecule has 3 N–H and O–H groups in total. The Kier molecular flexibility index (Phi) is 6.10. The maximum atomic E-state index is 12.4. The molecule has 0 spiro atoms. The lowest BCUT2D eigenvalue weighted by Crippen LogP contribution is -2.34. The van der Waals surface area contributed by atoms with E-state index in [1.54, 1.807) is 32.9 Å². The fourth-order valence-electron chi connectivity index (χ4n) is 2.37. The van der Waals surface area contributed by atoms with Crippen molar-refractivity contribution in [3.05, 3.63) is 29.8 Å². The van der Waals surface area contributed by atoms with Crippen molar-refractivity contribution in [2.45, 2.75) is 37.5 Å². The third-order valence-electron chi connectivity index (χ3n) is 3.89. The van der Waals surface area contributed by atoms with Gasteiger partial charge in [0.1, 0.15) is 0 Å². The van der Waals surface area contributed by atoms with Gasteiger partial charge in [-0.05, 0) is 17.7 Å². The smallest absolute Gasteiger partial charge is 0.304 e. The summed E-state index contributed by atoms with van der Waals surface area (Å²) in [6.45, 7) is 6.30. The van der Waals surface area contributed by atoms with Gasteiger partial charge in [0.2, 0.25) is 10.0 Å². The summed E-state index contributed by atoms with van der Waals surface area (Å²) < 4.78 is 26.2. The Labute approximate surface area is 132 Å². The van der Waals surface area contributed by atoms with Gasteiger partial charge >= 0.3 is 5.97 Å². The molecule has 1 aromatic rings. The molecule has 0 aliphatic rings. The first-order valence-corrected chi connectivity index (χ1v) is 8.67. The first-order chi connectivity index (χ1) is 10.2. The van der Waals surface area contributed by atoms with Crippen LogP contribution in [0.5, 0.6) is 0 Å². The fraction of sp³-hybridized carbons (Fsp3) is 0.533. The third kappa shape index (κ3) is 3.85. The average molecular weight is 328 g/mol. The van der Waals surface area contributed by atoms with Crippen LogP contribution in [0.3, 0.4) is 0 Å². The number of carbonyl (C=O) groups is 1. The van der Waals surface area contributed by atoms with Crippen molar-refractivity contribution >= 4 is 16.0 Å². The molecule has 0 saturated heterocycles. The summed E-state index contributed by atoms with van der Waals surface area (Å²) in [6.07, 6.45) is -0.106. The minimum atomic E-state index is -3.51. The molecule has 0 fully saturated rings. The number of nitrogens with two attached hydrogens (primary N) is 1. The molecule has 6 nitrogen and oxygen atoms in total. The van der Waals surface area contributed by atoms with Crippen LogP contribution in [0.15, 0.2) is 29.2 Å². The lowest BCUT2D eigenvalue weighted by atomic mass is 9.80. The summed E-state index contributed by atoms with van der Waals surface area (Å²) in [5, 5.41) is 9.00. The van der Waals surface area contributed by atoms with Gasteiger partial charge in [0.05, 0.1) is 11.3 Å². The van der Waals surface area contributed by atoms with Gasteiger partial charge in [-0.1, -0.05) is 32.9 Å². The van der Waals surface area contributed by atoms with Crippen LogP contribution in [0.4, 0.5) is 0 Å². The lowest BCUT2D eigenvalue weighted by Gasteiger charge is -2.27. The van der Waals surface area contributed by atoms with Gasteiger partial charge in [0.25, 0.3) is 0 Å². The van der Waals surface area contributed by atoms with Gasteiger partial charge in [-0.3, -0.25) is 4.79 Å². The molecule has 1 rings (SSSR count). The summed E-state index contributed by atoms with van der Waals surface area (Å²) in [5.41, 5.74) is 5.71. The first kappa shape index (κ1) is 18.6. The Bertz CT molecular complexity index is 609. The molecule has 0 amide bonds. The number of carboxylic acids is 1. The molecular formula is C15H24N2O4S. The van der Waals surface area contributed by atoms with Gasteiger partial charge in [-0.2, -0.15) is 4.31 Å². The number of rotatable bonds is 8. The fourth-order valence-corrected chi connectivity index (χ4v) is 3.83. The largest absolute Gasteiger partial charge is 0.481 e. The monoisotopic (exact) mass is 328 g/mol. The van der Waals surface area contributed by atoms with Crippen molar-refractivity contribution in [3.63, 3.8) is 0 Å². The van der Waals surface area contributed by atoms with Crippen molar-refractivity contribution in [2.24, 2.45) is 5.73 Å². The lowest BCUT2D eigenvalue weighted by molar-refractivity contribution is -0.138. The molecule has 1 unspecified atom stereocenters. The summed E-state index contributed by atoms with van der Waals surface area (Å²) in [5.74, 6) is -0.937. The van der Waals surface area contributed by atoms with E-state index in [1.165, 1.54) is 16.4 Å². The molecule has 0 aliphatic carbocycles. The Balaban J connectivity index is 3.17. The van der Waals surface area contributed by atoms with E-state index in [4.69, 9.17) is 10.8 Å². The van der Waals surface area contributed by atoms with Gasteiger partial charge in [-0.25, -0.2) is 8.42 Å². The van der Waals surface area contributed by atoms with E-state index in [0.717, 1.165) is 5.56 Å². The van der Waals surface area contributed by atoms with Crippen LogP contribution in [0.25, 0.3) is 0 Å². The molecular weight excluding hydrogens is 304 g/mol. The van der Waals surface area contributed by atoms with E-state index >= 15 is 0 Å². The van der Waals surface area contributed by atoms with E-state index < -0.39 is 21.4 Å². The molecule has 22 heavy (non-hydrogen) atoms. The molecule has 7 heteroatoms. The highest BCUT2D eigenvalue weighted by molar-refractivity contribution is 7.89. The van der Waals surface area contributed by atoms with Crippen LogP contribution >= 0.6 is 0 Å². The van der Waals surface area contributed by atoms with Gasteiger partial charge < -0.3 is 10.8 Å². The number of hydrogen-bond acceptors (Lipinski definition) is 4. The third-order valence-corrected chi connectivity index (χ3v) is 5.95. The summed E-state index contributed by atoms with van der Waals surface area (Å²) in [7, 11) is -3.51. The van der Waals surface area contributed by atoms with E-state index in [0.29, 0.717) is 13.1 Å². The van der Waals surface area contributed by atoms with E-state index in [-0.39, 0.29) is 17.9 Å². The molecule has 124 valence electrons. The van der Waals surface area contributed by atoms with Crippen molar-refractivity contribution in [2.75, 3.05) is 19.6 Å². The molecule has 0 heterocycles. The van der Waals surface area contributed by atoms with Crippen LogP contribution in [0, 0.1) is 0 Å². The van der Waals surface area contributed by atoms with E-state index in [2.05, 4.69) is 0 Å². The maximum Gasteiger partial charge on any atom is 0.304 e. The maximum absolute atomic E-state index is 12.4. The second-order valence-corrected chi connectivity index (χ2v) is 7.39. The van der Waals surface area contributed by atoms with Crippen molar-refractivity contribution < 1.29 is 18.3 Å². The van der Waals surface area contributed by atoms with Gasteiger partial charge in [0.15, 0.2) is 0 Å². The van der Waals surface area contributed by atoms with Crippen LogP contribution in [-0.4, -0.2) is 43.4 Å². The predicted octanol–water partition coefficient (Wildman–Crippen LogP) is 1.41. The Morgan fingerprint density at radius 1 is 1.23 bits per heavy atom. The zero-order chi connectivity index (χ0) is 17.0. The average Bonchev–Trinajstić information content (AvgIpc) is 2.47. The minimum Gasteiger partial charge on any atom is -0.481 e. The zero-order valence-electron chi connectivity index (χ0n) is 13.2. The van der Waals surface area contributed by atoms with Crippen molar-refractivity contribution in [1.82, 2.24) is 4.31 Å². The SMILES string of the molecule is CCN(CC)S(=O)(=O)c1ccc(C(C)(CN)CC(=O)O)cc1. The molecule has 1 aromatic carbocycles. The number of nitrogens with zero attached hydrogens (tertiary/aromatic N) is 1. The number of aliphatic carboxylic acids is 1. The minimum absolute atomic E-state index is 0.106. The van der Waals surface area contributed by atoms with Crippen molar-refractivity contribution in [3.8, 4) is 0 Å². The van der Waals surface area contributed by atoms with Crippen LogP contribution in [0.2, 0.25) is 0 Å². The van der Waals surface area contributed by atoms with Crippen molar-refractivity contribution in [1.29, 1.82) is 0 Å². The highest BCUT2D eigenvalue weighted by Crippen LogP contribution is 2.28. The highest BCUT2D eigenvalue weighted by atomic mass is 32.2.